The summed E-state index contributed by atoms with van der Waals surface area (Å²) in [5.41, 5.74) is 2.85. The molecule has 3 aromatic rings. The lowest BCUT2D eigenvalue weighted by molar-refractivity contribution is 0.501. The van der Waals surface area contributed by atoms with E-state index in [1.54, 1.807) is 0 Å². The number of aromatic nitrogens is 1. The van der Waals surface area contributed by atoms with Gasteiger partial charge in [0.25, 0.3) is 0 Å². The van der Waals surface area contributed by atoms with E-state index in [1.165, 1.54) is 9.75 Å². The quantitative estimate of drug-likeness (QED) is 0.738. The number of thiophene rings is 1. The summed E-state index contributed by atoms with van der Waals surface area (Å²) in [6.07, 6.45) is 0. The zero-order valence-electron chi connectivity index (χ0n) is 11.9. The van der Waals surface area contributed by atoms with Crippen molar-refractivity contribution in [2.24, 2.45) is 0 Å². The lowest BCUT2D eigenvalue weighted by atomic mass is 10.2. The van der Waals surface area contributed by atoms with E-state index in [9.17, 15) is 0 Å². The number of hydrogen-bond donors (Lipinski definition) is 1. The number of fused-ring (bicyclic) bond motifs is 1. The molecule has 0 aliphatic rings. The molecule has 0 saturated carbocycles. The Balaban J connectivity index is 1.78. The van der Waals surface area contributed by atoms with Crippen LogP contribution in [0.5, 0.6) is 0 Å². The van der Waals surface area contributed by atoms with Gasteiger partial charge in [-0.3, -0.25) is 0 Å². The summed E-state index contributed by atoms with van der Waals surface area (Å²) in [7, 11) is 0. The molecular formula is C16H18N2OS. The van der Waals surface area contributed by atoms with Crippen molar-refractivity contribution in [1.29, 1.82) is 0 Å². The Morgan fingerprint density at radius 3 is 2.80 bits per heavy atom. The highest BCUT2D eigenvalue weighted by atomic mass is 32.1. The van der Waals surface area contributed by atoms with Crippen molar-refractivity contribution in [3.05, 3.63) is 46.0 Å². The zero-order valence-corrected chi connectivity index (χ0v) is 12.8. The average Bonchev–Trinajstić information content (AvgIpc) is 3.01. The SMILES string of the molecule is Cc1ccc(CNc2ccc3oc(C(C)C)nc3c2)s1. The van der Waals surface area contributed by atoms with Gasteiger partial charge in [0.1, 0.15) is 5.52 Å². The number of nitrogens with one attached hydrogen (secondary N) is 1. The van der Waals surface area contributed by atoms with Crippen LogP contribution in [0.1, 0.15) is 35.4 Å². The third-order valence-corrected chi connectivity index (χ3v) is 4.16. The van der Waals surface area contributed by atoms with Gasteiger partial charge in [-0.15, -0.1) is 11.3 Å². The minimum Gasteiger partial charge on any atom is -0.440 e. The Kier molecular flexibility index (Phi) is 3.49. The monoisotopic (exact) mass is 286 g/mol. The van der Waals surface area contributed by atoms with Gasteiger partial charge < -0.3 is 9.73 Å². The molecule has 0 fully saturated rings. The maximum Gasteiger partial charge on any atom is 0.198 e. The molecular weight excluding hydrogens is 268 g/mol. The van der Waals surface area contributed by atoms with Crippen LogP contribution in [0.2, 0.25) is 0 Å². The Morgan fingerprint density at radius 1 is 1.25 bits per heavy atom. The highest BCUT2D eigenvalue weighted by Gasteiger charge is 2.09. The standard InChI is InChI=1S/C16H18N2OS/c1-10(2)16-18-14-8-12(5-7-15(14)19-16)17-9-13-6-4-11(3)20-13/h4-8,10,17H,9H2,1-3H3. The number of aryl methyl sites for hydroxylation is 1. The van der Waals surface area contributed by atoms with E-state index in [-0.39, 0.29) is 0 Å². The van der Waals surface area contributed by atoms with Crippen LogP contribution < -0.4 is 5.32 Å². The number of hydrogen-bond acceptors (Lipinski definition) is 4. The number of anilines is 1. The van der Waals surface area contributed by atoms with Crippen LogP contribution >= 0.6 is 11.3 Å². The van der Waals surface area contributed by atoms with Gasteiger partial charge in [-0.25, -0.2) is 4.98 Å². The van der Waals surface area contributed by atoms with Crippen molar-refractivity contribution in [3.8, 4) is 0 Å². The van der Waals surface area contributed by atoms with Crippen molar-refractivity contribution < 1.29 is 4.42 Å². The van der Waals surface area contributed by atoms with E-state index >= 15 is 0 Å². The largest absolute Gasteiger partial charge is 0.440 e. The molecule has 0 aliphatic carbocycles. The Labute approximate surface area is 122 Å². The first-order chi connectivity index (χ1) is 9.61. The van der Waals surface area contributed by atoms with Gasteiger partial charge in [0.15, 0.2) is 11.5 Å². The lowest BCUT2D eigenvalue weighted by Crippen LogP contribution is -1.96. The summed E-state index contributed by atoms with van der Waals surface area (Å²) >= 11 is 1.82. The summed E-state index contributed by atoms with van der Waals surface area (Å²) in [6, 6.07) is 10.4. The van der Waals surface area contributed by atoms with Crippen LogP contribution in [-0.4, -0.2) is 4.98 Å². The molecule has 2 aromatic heterocycles. The molecule has 0 bridgehead atoms. The molecule has 1 aromatic carbocycles. The molecule has 3 rings (SSSR count). The molecule has 0 saturated heterocycles. The summed E-state index contributed by atoms with van der Waals surface area (Å²) in [5.74, 6) is 1.11. The first-order valence-corrected chi connectivity index (χ1v) is 7.63. The number of benzene rings is 1. The van der Waals surface area contributed by atoms with Gasteiger partial charge in [0.05, 0.1) is 0 Å². The third kappa shape index (κ3) is 2.70. The van der Waals surface area contributed by atoms with E-state index in [2.05, 4.69) is 43.2 Å². The molecule has 104 valence electrons. The van der Waals surface area contributed by atoms with Gasteiger partial charge in [-0.05, 0) is 37.3 Å². The van der Waals surface area contributed by atoms with Crippen molar-refractivity contribution in [3.63, 3.8) is 0 Å². The second kappa shape index (κ2) is 5.29. The van der Waals surface area contributed by atoms with E-state index in [0.717, 1.165) is 29.2 Å². The Morgan fingerprint density at radius 2 is 2.10 bits per heavy atom. The van der Waals surface area contributed by atoms with Gasteiger partial charge in [-0.2, -0.15) is 0 Å². The van der Waals surface area contributed by atoms with Crippen molar-refractivity contribution >= 4 is 28.1 Å². The van der Waals surface area contributed by atoms with Crippen molar-refractivity contribution in [2.45, 2.75) is 33.2 Å². The minimum atomic E-state index is 0.313. The van der Waals surface area contributed by atoms with E-state index in [0.29, 0.717) is 5.92 Å². The molecule has 2 heterocycles. The highest BCUT2D eigenvalue weighted by Crippen LogP contribution is 2.24. The average molecular weight is 286 g/mol. The van der Waals surface area contributed by atoms with Crippen LogP contribution in [0.3, 0.4) is 0 Å². The normalized spacial score (nSPS) is 11.4. The fraction of sp³-hybridized carbons (Fsp3) is 0.312. The Hall–Kier alpha value is -1.81. The molecule has 0 radical (unpaired) electrons. The fourth-order valence-corrected chi connectivity index (χ4v) is 2.90. The maximum atomic E-state index is 5.71. The minimum absolute atomic E-state index is 0.313. The maximum absolute atomic E-state index is 5.71. The smallest absolute Gasteiger partial charge is 0.198 e. The molecule has 4 heteroatoms. The fourth-order valence-electron chi connectivity index (χ4n) is 2.07. The topological polar surface area (TPSA) is 38.1 Å². The van der Waals surface area contributed by atoms with Crippen LogP contribution in [0.4, 0.5) is 5.69 Å². The van der Waals surface area contributed by atoms with E-state index in [1.807, 2.05) is 29.5 Å². The predicted octanol–water partition coefficient (Wildman–Crippen LogP) is 4.93. The molecule has 1 N–H and O–H groups in total. The van der Waals surface area contributed by atoms with Crippen molar-refractivity contribution in [1.82, 2.24) is 4.98 Å². The van der Waals surface area contributed by atoms with Crippen LogP contribution in [-0.2, 0) is 6.54 Å². The summed E-state index contributed by atoms with van der Waals surface area (Å²) in [4.78, 5) is 7.21. The number of rotatable bonds is 4. The van der Waals surface area contributed by atoms with E-state index < -0.39 is 0 Å². The van der Waals surface area contributed by atoms with E-state index in [4.69, 9.17) is 4.42 Å². The number of nitrogens with zero attached hydrogens (tertiary/aromatic N) is 1. The summed E-state index contributed by atoms with van der Waals surface area (Å²) < 4.78 is 5.71. The molecule has 3 nitrogen and oxygen atoms in total. The zero-order chi connectivity index (χ0) is 14.1. The lowest BCUT2D eigenvalue weighted by Gasteiger charge is -2.03. The molecule has 0 spiro atoms. The van der Waals surface area contributed by atoms with Gasteiger partial charge in [-0.1, -0.05) is 13.8 Å². The summed E-state index contributed by atoms with van der Waals surface area (Å²) in [5, 5.41) is 3.43. The Bertz CT molecular complexity index is 727. The van der Waals surface area contributed by atoms with Crippen molar-refractivity contribution in [2.75, 3.05) is 5.32 Å². The molecule has 0 amide bonds. The van der Waals surface area contributed by atoms with Gasteiger partial charge in [0.2, 0.25) is 0 Å². The second-order valence-electron chi connectivity index (χ2n) is 5.26. The molecule has 0 atom stereocenters. The summed E-state index contributed by atoms with van der Waals surface area (Å²) in [6.45, 7) is 7.15. The second-order valence-corrected chi connectivity index (χ2v) is 6.63. The van der Waals surface area contributed by atoms with Crippen LogP contribution in [0.25, 0.3) is 11.1 Å². The predicted molar refractivity (Wildman–Crippen MR) is 84.5 cm³/mol. The van der Waals surface area contributed by atoms with Crippen LogP contribution in [0, 0.1) is 6.92 Å². The first kappa shape index (κ1) is 13.2. The van der Waals surface area contributed by atoms with Gasteiger partial charge >= 0.3 is 0 Å². The number of oxazole rings is 1. The molecule has 0 unspecified atom stereocenters. The highest BCUT2D eigenvalue weighted by molar-refractivity contribution is 7.11. The van der Waals surface area contributed by atoms with Crippen LogP contribution in [0.15, 0.2) is 34.7 Å². The third-order valence-electron chi connectivity index (χ3n) is 3.16. The molecule has 0 aliphatic heterocycles. The van der Waals surface area contributed by atoms with Gasteiger partial charge in [0, 0.05) is 27.9 Å². The first-order valence-electron chi connectivity index (χ1n) is 6.81. The molecule has 20 heavy (non-hydrogen) atoms.